The molecule has 0 saturated heterocycles. The minimum atomic E-state index is 0.682. The average molecular weight is 307 g/mol. The number of rotatable bonds is 2. The van der Waals surface area contributed by atoms with Crippen molar-refractivity contribution < 1.29 is 0 Å². The summed E-state index contributed by atoms with van der Waals surface area (Å²) in [6.45, 7) is 0. The van der Waals surface area contributed by atoms with Crippen LogP contribution in [0.1, 0.15) is 0 Å². The lowest BCUT2D eigenvalue weighted by Gasteiger charge is -2.04. The van der Waals surface area contributed by atoms with Gasteiger partial charge in [-0.15, -0.1) is 0 Å². The zero-order valence-corrected chi connectivity index (χ0v) is 12.3. The van der Waals surface area contributed by atoms with E-state index in [1.165, 1.54) is 0 Å². The Morgan fingerprint density at radius 1 is 0.955 bits per heavy atom. The maximum atomic E-state index is 6.05. The van der Waals surface area contributed by atoms with E-state index in [4.69, 9.17) is 11.6 Å². The largest absolute Gasteiger partial charge is 0.264 e. The van der Waals surface area contributed by atoms with Crippen LogP contribution in [0.15, 0.2) is 67.3 Å². The second-order valence-corrected chi connectivity index (χ2v) is 5.34. The Balaban J connectivity index is 1.84. The van der Waals surface area contributed by atoms with Gasteiger partial charge in [-0.2, -0.15) is 5.10 Å². The Kier molecular flexibility index (Phi) is 3.09. The first-order valence-electron chi connectivity index (χ1n) is 6.81. The molecule has 4 aromatic rings. The molecule has 0 fully saturated rings. The summed E-state index contributed by atoms with van der Waals surface area (Å²) in [5, 5.41) is 6.15. The molecule has 4 rings (SSSR count). The van der Waals surface area contributed by atoms with E-state index in [0.717, 1.165) is 27.8 Å². The maximum absolute atomic E-state index is 6.05. The average Bonchev–Trinajstić information content (AvgIpc) is 2.99. The highest BCUT2D eigenvalue weighted by molar-refractivity contribution is 6.30. The summed E-state index contributed by atoms with van der Waals surface area (Å²) in [4.78, 5) is 8.65. The van der Waals surface area contributed by atoms with Crippen molar-refractivity contribution in [1.29, 1.82) is 0 Å². The first-order chi connectivity index (χ1) is 10.8. The summed E-state index contributed by atoms with van der Waals surface area (Å²) in [5.74, 6) is 0. The van der Waals surface area contributed by atoms with Crippen LogP contribution in [0, 0.1) is 0 Å². The highest BCUT2D eigenvalue weighted by atomic mass is 35.5. The lowest BCUT2D eigenvalue weighted by molar-refractivity contribution is 0.909. The van der Waals surface area contributed by atoms with Gasteiger partial charge in [-0.1, -0.05) is 17.7 Å². The Morgan fingerprint density at radius 2 is 1.91 bits per heavy atom. The molecule has 0 aliphatic carbocycles. The van der Waals surface area contributed by atoms with Crippen molar-refractivity contribution in [3.8, 4) is 16.9 Å². The normalized spacial score (nSPS) is 11.0. The van der Waals surface area contributed by atoms with E-state index >= 15 is 0 Å². The van der Waals surface area contributed by atoms with E-state index in [1.807, 2.05) is 59.5 Å². The molecule has 4 nitrogen and oxygen atoms in total. The van der Waals surface area contributed by atoms with Gasteiger partial charge in [0.1, 0.15) is 0 Å². The monoisotopic (exact) mass is 306 g/mol. The molecule has 1 aromatic carbocycles. The fourth-order valence-corrected chi connectivity index (χ4v) is 2.60. The maximum Gasteiger partial charge on any atom is 0.0924 e. The van der Waals surface area contributed by atoms with Crippen LogP contribution in [-0.4, -0.2) is 19.7 Å². The van der Waals surface area contributed by atoms with Crippen molar-refractivity contribution in [2.45, 2.75) is 0 Å². The first-order valence-corrected chi connectivity index (χ1v) is 7.19. The highest BCUT2D eigenvalue weighted by Gasteiger charge is 2.08. The van der Waals surface area contributed by atoms with Crippen LogP contribution < -0.4 is 0 Å². The van der Waals surface area contributed by atoms with Gasteiger partial charge in [0, 0.05) is 28.4 Å². The van der Waals surface area contributed by atoms with E-state index in [1.54, 1.807) is 12.4 Å². The quantitative estimate of drug-likeness (QED) is 0.559. The summed E-state index contributed by atoms with van der Waals surface area (Å²) in [5.41, 5.74) is 3.72. The van der Waals surface area contributed by atoms with Gasteiger partial charge in [-0.05, 0) is 36.4 Å². The van der Waals surface area contributed by atoms with Crippen LogP contribution >= 0.6 is 11.6 Å². The topological polar surface area (TPSA) is 43.6 Å². The molecule has 0 spiro atoms. The van der Waals surface area contributed by atoms with Crippen LogP contribution in [0.3, 0.4) is 0 Å². The van der Waals surface area contributed by atoms with Gasteiger partial charge in [0.05, 0.1) is 29.3 Å². The molecule has 3 heterocycles. The fourth-order valence-electron chi connectivity index (χ4n) is 2.41. The molecule has 0 amide bonds. The number of nitrogens with zero attached hydrogens (tertiary/aromatic N) is 4. The SMILES string of the molecule is Clc1cccc(-n2ncc3cc(-c4cccnc4)ncc32)c1. The van der Waals surface area contributed by atoms with E-state index in [2.05, 4.69) is 15.1 Å². The van der Waals surface area contributed by atoms with Crippen molar-refractivity contribution in [3.05, 3.63) is 72.3 Å². The number of hydrogen-bond acceptors (Lipinski definition) is 3. The molecule has 0 atom stereocenters. The molecular formula is C17H11ClN4. The summed E-state index contributed by atoms with van der Waals surface area (Å²) in [6.07, 6.45) is 7.21. The first kappa shape index (κ1) is 13.0. The predicted octanol–water partition coefficient (Wildman–Crippen LogP) is 4.14. The summed E-state index contributed by atoms with van der Waals surface area (Å²) < 4.78 is 1.83. The van der Waals surface area contributed by atoms with Gasteiger partial charge in [-0.25, -0.2) is 4.68 Å². The van der Waals surface area contributed by atoms with Crippen molar-refractivity contribution in [2.24, 2.45) is 0 Å². The molecule has 0 aliphatic heterocycles. The number of aromatic nitrogens is 4. The van der Waals surface area contributed by atoms with Crippen LogP contribution in [0.4, 0.5) is 0 Å². The van der Waals surface area contributed by atoms with Gasteiger partial charge < -0.3 is 0 Å². The molecule has 22 heavy (non-hydrogen) atoms. The molecule has 0 saturated carbocycles. The predicted molar refractivity (Wildman–Crippen MR) is 87.1 cm³/mol. The number of benzene rings is 1. The van der Waals surface area contributed by atoms with Gasteiger partial charge in [0.15, 0.2) is 0 Å². The zero-order chi connectivity index (χ0) is 14.9. The Hall–Kier alpha value is -2.72. The third-order valence-electron chi connectivity index (χ3n) is 3.46. The highest BCUT2D eigenvalue weighted by Crippen LogP contribution is 2.24. The lowest BCUT2D eigenvalue weighted by Crippen LogP contribution is -1.96. The van der Waals surface area contributed by atoms with Gasteiger partial charge in [0.25, 0.3) is 0 Å². The molecule has 5 heteroatoms. The summed E-state index contributed by atoms with van der Waals surface area (Å²) >= 11 is 6.05. The van der Waals surface area contributed by atoms with Crippen molar-refractivity contribution in [3.63, 3.8) is 0 Å². The molecule has 0 unspecified atom stereocenters. The van der Waals surface area contributed by atoms with Crippen molar-refractivity contribution in [1.82, 2.24) is 19.7 Å². The van der Waals surface area contributed by atoms with Gasteiger partial charge >= 0.3 is 0 Å². The fraction of sp³-hybridized carbons (Fsp3) is 0. The molecule has 0 bridgehead atoms. The van der Waals surface area contributed by atoms with E-state index in [-0.39, 0.29) is 0 Å². The molecule has 0 radical (unpaired) electrons. The number of pyridine rings is 2. The number of halogens is 1. The third-order valence-corrected chi connectivity index (χ3v) is 3.70. The summed E-state index contributed by atoms with van der Waals surface area (Å²) in [6, 6.07) is 13.5. The van der Waals surface area contributed by atoms with Crippen LogP contribution in [0.25, 0.3) is 27.8 Å². The van der Waals surface area contributed by atoms with E-state index in [0.29, 0.717) is 5.02 Å². The standard InChI is InChI=1S/C17H11ClN4/c18-14-4-1-5-15(8-14)22-17-11-20-16(7-13(17)10-21-22)12-3-2-6-19-9-12/h1-11H. The second kappa shape index (κ2) is 5.24. The van der Waals surface area contributed by atoms with Crippen LogP contribution in [0.5, 0.6) is 0 Å². The number of hydrogen-bond donors (Lipinski definition) is 0. The molecule has 0 N–H and O–H groups in total. The third kappa shape index (κ3) is 2.23. The van der Waals surface area contributed by atoms with Crippen molar-refractivity contribution >= 4 is 22.5 Å². The molecule has 0 aliphatic rings. The Bertz CT molecular complexity index is 947. The lowest BCUT2D eigenvalue weighted by atomic mass is 10.1. The van der Waals surface area contributed by atoms with Gasteiger partial charge in [0.2, 0.25) is 0 Å². The smallest absolute Gasteiger partial charge is 0.0924 e. The second-order valence-electron chi connectivity index (χ2n) is 4.91. The molecule has 106 valence electrons. The van der Waals surface area contributed by atoms with Crippen LogP contribution in [-0.2, 0) is 0 Å². The Morgan fingerprint density at radius 3 is 2.73 bits per heavy atom. The molecule has 3 aromatic heterocycles. The molecular weight excluding hydrogens is 296 g/mol. The minimum Gasteiger partial charge on any atom is -0.264 e. The minimum absolute atomic E-state index is 0.682. The van der Waals surface area contributed by atoms with E-state index < -0.39 is 0 Å². The van der Waals surface area contributed by atoms with Gasteiger partial charge in [-0.3, -0.25) is 9.97 Å². The zero-order valence-electron chi connectivity index (χ0n) is 11.5. The number of fused-ring (bicyclic) bond motifs is 1. The van der Waals surface area contributed by atoms with Crippen LogP contribution in [0.2, 0.25) is 5.02 Å². The van der Waals surface area contributed by atoms with Crippen molar-refractivity contribution in [2.75, 3.05) is 0 Å². The summed E-state index contributed by atoms with van der Waals surface area (Å²) in [7, 11) is 0. The van der Waals surface area contributed by atoms with E-state index in [9.17, 15) is 0 Å². The Labute approximate surface area is 132 Å².